The van der Waals surface area contributed by atoms with Gasteiger partial charge in [0.25, 0.3) is 0 Å². The molecular formula is C23H38N3O5+. The van der Waals surface area contributed by atoms with Crippen LogP contribution in [0.15, 0.2) is 0 Å². The lowest BCUT2D eigenvalue weighted by Gasteiger charge is -2.36. The first-order valence-corrected chi connectivity index (χ1v) is 12.0. The van der Waals surface area contributed by atoms with Crippen LogP contribution in [-0.4, -0.2) is 58.1 Å². The van der Waals surface area contributed by atoms with Crippen LogP contribution in [0.4, 0.5) is 4.79 Å². The van der Waals surface area contributed by atoms with Crippen molar-refractivity contribution in [2.75, 3.05) is 13.1 Å². The van der Waals surface area contributed by atoms with Gasteiger partial charge < -0.3 is 0 Å². The molecule has 0 aromatic heterocycles. The highest BCUT2D eigenvalue weighted by atomic mass is 16.5. The molecular weight excluding hydrogens is 398 g/mol. The quantitative estimate of drug-likeness (QED) is 0.263. The summed E-state index contributed by atoms with van der Waals surface area (Å²) in [5, 5.41) is 12.9. The zero-order chi connectivity index (χ0) is 22.4. The molecule has 0 aromatic rings. The monoisotopic (exact) mass is 436 g/mol. The second-order valence-electron chi connectivity index (χ2n) is 9.94. The maximum absolute atomic E-state index is 13.8. The van der Waals surface area contributed by atoms with E-state index in [1.807, 2.05) is 6.92 Å². The number of hydrogen-bond acceptors (Lipinski definition) is 5. The van der Waals surface area contributed by atoms with Gasteiger partial charge >= 0.3 is 11.9 Å². The van der Waals surface area contributed by atoms with E-state index in [0.29, 0.717) is 42.7 Å². The lowest BCUT2D eigenvalue weighted by atomic mass is 9.91. The summed E-state index contributed by atoms with van der Waals surface area (Å²) in [6.07, 6.45) is 11.2. The lowest BCUT2D eigenvalue weighted by Crippen LogP contribution is -2.65. The number of nitrogens with one attached hydrogen (secondary N) is 1. The van der Waals surface area contributed by atoms with Crippen LogP contribution in [0, 0.1) is 17.8 Å². The van der Waals surface area contributed by atoms with Gasteiger partial charge in [0.05, 0.1) is 19.0 Å². The second-order valence-corrected chi connectivity index (χ2v) is 9.94. The molecule has 1 aliphatic heterocycles. The largest absolute Gasteiger partial charge is 0.430 e. The van der Waals surface area contributed by atoms with E-state index in [2.05, 4.69) is 5.32 Å². The number of amides is 5. The molecule has 31 heavy (non-hydrogen) atoms. The highest BCUT2D eigenvalue weighted by Crippen LogP contribution is 2.36. The number of imide groups is 2. The Morgan fingerprint density at radius 2 is 1.65 bits per heavy atom. The highest BCUT2D eigenvalue weighted by Gasteiger charge is 2.55. The van der Waals surface area contributed by atoms with Gasteiger partial charge in [0.2, 0.25) is 12.3 Å². The van der Waals surface area contributed by atoms with Crippen LogP contribution in [0.1, 0.15) is 84.0 Å². The molecule has 0 bridgehead atoms. The molecule has 2 saturated carbocycles. The van der Waals surface area contributed by atoms with Crippen LogP contribution in [0.3, 0.4) is 0 Å². The molecule has 174 valence electrons. The van der Waals surface area contributed by atoms with E-state index in [4.69, 9.17) is 0 Å². The van der Waals surface area contributed by atoms with Gasteiger partial charge in [-0.2, -0.15) is 4.48 Å². The van der Waals surface area contributed by atoms with Crippen molar-refractivity contribution in [3.63, 3.8) is 0 Å². The van der Waals surface area contributed by atoms with Gasteiger partial charge in [-0.25, -0.2) is 20.0 Å². The Bertz CT molecular complexity index is 672. The van der Waals surface area contributed by atoms with Crippen molar-refractivity contribution >= 4 is 24.3 Å². The molecule has 3 aliphatic rings. The van der Waals surface area contributed by atoms with Crippen LogP contribution < -0.4 is 5.32 Å². The minimum absolute atomic E-state index is 0.116. The zero-order valence-electron chi connectivity index (χ0n) is 18.8. The van der Waals surface area contributed by atoms with Crippen molar-refractivity contribution in [3.8, 4) is 0 Å². The number of quaternary nitrogens is 1. The van der Waals surface area contributed by atoms with Crippen LogP contribution in [-0.2, 0) is 14.4 Å². The SMILES string of the molecule is C[C@@H]1CCC[N+]1(C(=O)NC(=O)CC1CCCC1)C(=O)[C@H](CC1CCCC1)CN(O)C=O. The van der Waals surface area contributed by atoms with Gasteiger partial charge in [-0.1, -0.05) is 38.5 Å². The molecule has 1 heterocycles. The van der Waals surface area contributed by atoms with E-state index in [1.165, 1.54) is 0 Å². The summed E-state index contributed by atoms with van der Waals surface area (Å²) in [5.74, 6) is -0.526. The van der Waals surface area contributed by atoms with E-state index in [9.17, 15) is 24.4 Å². The molecule has 0 spiro atoms. The summed E-state index contributed by atoms with van der Waals surface area (Å²) in [5.41, 5.74) is 0. The molecule has 1 saturated heterocycles. The van der Waals surface area contributed by atoms with Gasteiger partial charge in [-0.15, -0.1) is 0 Å². The van der Waals surface area contributed by atoms with Gasteiger partial charge in [0, 0.05) is 19.3 Å². The minimum atomic E-state index is -0.630. The molecule has 3 atom stereocenters. The fraction of sp³-hybridized carbons (Fsp3) is 0.826. The number of carbonyl (C=O) groups excluding carboxylic acids is 4. The number of urea groups is 1. The van der Waals surface area contributed by atoms with Gasteiger partial charge in [-0.3, -0.25) is 14.8 Å². The molecule has 1 unspecified atom stereocenters. The molecule has 8 nitrogen and oxygen atoms in total. The fourth-order valence-corrected chi connectivity index (χ4v) is 6.05. The Hall–Kier alpha value is -1.80. The van der Waals surface area contributed by atoms with Gasteiger partial charge in [-0.05, 0) is 38.0 Å². The van der Waals surface area contributed by atoms with E-state index < -0.39 is 16.4 Å². The molecule has 2 N–H and O–H groups in total. The summed E-state index contributed by atoms with van der Waals surface area (Å²) in [6, 6.07) is -0.772. The standard InChI is InChI=1S/C23H37N3O5/c1-17-7-6-12-26(17,23(30)24-21(28)14-19-10-4-5-11-19)22(29)20(15-25(31)16-27)13-18-8-2-3-9-18/h16-20,31H,2-15H2,1H3/p+1/t17-,20-,26?/m1/s1. The smallest absolute Gasteiger partial charge is 0.286 e. The molecule has 5 amide bonds. The van der Waals surface area contributed by atoms with Crippen molar-refractivity contribution in [1.29, 1.82) is 0 Å². The average Bonchev–Trinajstić information content (AvgIpc) is 3.49. The Labute approximate surface area is 184 Å². The topological polar surface area (TPSA) is 104 Å². The molecule has 3 fully saturated rings. The van der Waals surface area contributed by atoms with Gasteiger partial charge in [0.15, 0.2) is 0 Å². The molecule has 3 rings (SSSR count). The Morgan fingerprint density at radius 1 is 1.03 bits per heavy atom. The van der Waals surface area contributed by atoms with Gasteiger partial charge in [0.1, 0.15) is 6.04 Å². The first-order valence-electron chi connectivity index (χ1n) is 12.0. The number of rotatable bonds is 8. The van der Waals surface area contributed by atoms with E-state index in [0.717, 1.165) is 64.2 Å². The maximum Gasteiger partial charge on any atom is 0.430 e. The highest BCUT2D eigenvalue weighted by molar-refractivity contribution is 5.96. The molecule has 0 radical (unpaired) electrons. The molecule has 2 aliphatic carbocycles. The number of nitrogens with zero attached hydrogens (tertiary/aromatic N) is 2. The first kappa shape index (κ1) is 23.9. The summed E-state index contributed by atoms with van der Waals surface area (Å²) < 4.78 is -0.402. The van der Waals surface area contributed by atoms with Crippen molar-refractivity contribution < 1.29 is 28.9 Å². The molecule has 8 heteroatoms. The van der Waals surface area contributed by atoms with Crippen molar-refractivity contribution in [1.82, 2.24) is 10.4 Å². The molecule has 0 aromatic carbocycles. The minimum Gasteiger partial charge on any atom is -0.286 e. The number of carbonyl (C=O) groups is 4. The average molecular weight is 437 g/mol. The van der Waals surface area contributed by atoms with E-state index in [-0.39, 0.29) is 24.4 Å². The third-order valence-electron chi connectivity index (χ3n) is 7.81. The Morgan fingerprint density at radius 3 is 2.19 bits per heavy atom. The third-order valence-corrected chi connectivity index (χ3v) is 7.81. The first-order chi connectivity index (χ1) is 14.9. The fourth-order valence-electron chi connectivity index (χ4n) is 6.05. The van der Waals surface area contributed by atoms with Crippen molar-refractivity contribution in [2.24, 2.45) is 17.8 Å². The van der Waals surface area contributed by atoms with Crippen LogP contribution >= 0.6 is 0 Å². The van der Waals surface area contributed by atoms with Crippen LogP contribution in [0.5, 0.6) is 0 Å². The summed E-state index contributed by atoms with van der Waals surface area (Å²) >= 11 is 0. The third kappa shape index (κ3) is 5.52. The Kier molecular flexibility index (Phi) is 8.22. The normalized spacial score (nSPS) is 27.9. The maximum atomic E-state index is 13.8. The van der Waals surface area contributed by atoms with E-state index in [1.54, 1.807) is 0 Å². The predicted octanol–water partition coefficient (Wildman–Crippen LogP) is 3.37. The van der Waals surface area contributed by atoms with E-state index >= 15 is 0 Å². The van der Waals surface area contributed by atoms with Crippen LogP contribution in [0.2, 0.25) is 0 Å². The zero-order valence-corrected chi connectivity index (χ0v) is 18.8. The van der Waals surface area contributed by atoms with Crippen molar-refractivity contribution in [3.05, 3.63) is 0 Å². The number of likely N-dealkylation sites (tertiary alicyclic amines) is 1. The van der Waals surface area contributed by atoms with Crippen molar-refractivity contribution in [2.45, 2.75) is 90.0 Å². The van der Waals surface area contributed by atoms with Crippen LogP contribution in [0.25, 0.3) is 0 Å². The summed E-state index contributed by atoms with van der Waals surface area (Å²) in [6.45, 7) is 2.13. The second kappa shape index (κ2) is 10.7. The number of hydrogen-bond donors (Lipinski definition) is 2. The Balaban J connectivity index is 1.76. The predicted molar refractivity (Wildman–Crippen MR) is 114 cm³/mol. The summed E-state index contributed by atoms with van der Waals surface area (Å²) in [4.78, 5) is 50.8. The number of hydroxylamine groups is 2. The lowest BCUT2D eigenvalue weighted by molar-refractivity contribution is -0.786. The summed E-state index contributed by atoms with van der Waals surface area (Å²) in [7, 11) is 0.